The molecule has 3 rings (SSSR count). The molecule has 0 radical (unpaired) electrons. The third-order valence-corrected chi connectivity index (χ3v) is 4.11. The molecule has 7 heteroatoms. The van der Waals surface area contributed by atoms with E-state index in [2.05, 4.69) is 15.7 Å². The normalized spacial score (nSPS) is 10.4. The highest BCUT2D eigenvalue weighted by atomic mass is 35.5. The van der Waals surface area contributed by atoms with E-state index in [1.165, 1.54) is 0 Å². The molecule has 138 valence electrons. The van der Waals surface area contributed by atoms with E-state index in [1.54, 1.807) is 29.8 Å². The SMILES string of the molecule is CCC(=O)Nc1cc(C(=O)NCc2cccc(Cl)c2)nn1-c1ccccc1. The Morgan fingerprint density at radius 3 is 2.56 bits per heavy atom. The minimum Gasteiger partial charge on any atom is -0.347 e. The van der Waals surface area contributed by atoms with Gasteiger partial charge in [-0.15, -0.1) is 0 Å². The summed E-state index contributed by atoms with van der Waals surface area (Å²) in [6.45, 7) is 2.09. The van der Waals surface area contributed by atoms with Crippen molar-refractivity contribution in [1.82, 2.24) is 15.1 Å². The Morgan fingerprint density at radius 1 is 1.07 bits per heavy atom. The average Bonchev–Trinajstić information content (AvgIpc) is 3.10. The topological polar surface area (TPSA) is 76.0 Å². The molecule has 2 aromatic carbocycles. The molecule has 0 spiro atoms. The number of carbonyl (C=O) groups is 2. The lowest BCUT2D eigenvalue weighted by Crippen LogP contribution is -2.23. The third kappa shape index (κ3) is 4.74. The van der Waals surface area contributed by atoms with Gasteiger partial charge in [-0.05, 0) is 29.8 Å². The molecule has 1 heterocycles. The van der Waals surface area contributed by atoms with Gasteiger partial charge in [0.15, 0.2) is 5.69 Å². The average molecular weight is 383 g/mol. The fourth-order valence-electron chi connectivity index (χ4n) is 2.50. The van der Waals surface area contributed by atoms with E-state index in [1.807, 2.05) is 42.5 Å². The first kappa shape index (κ1) is 18.7. The third-order valence-electron chi connectivity index (χ3n) is 3.87. The predicted molar refractivity (Wildman–Crippen MR) is 105 cm³/mol. The molecule has 27 heavy (non-hydrogen) atoms. The van der Waals surface area contributed by atoms with Gasteiger partial charge in [0.2, 0.25) is 5.91 Å². The van der Waals surface area contributed by atoms with Gasteiger partial charge >= 0.3 is 0 Å². The molecule has 0 saturated carbocycles. The van der Waals surface area contributed by atoms with Crippen LogP contribution in [-0.4, -0.2) is 21.6 Å². The molecule has 2 amide bonds. The van der Waals surface area contributed by atoms with Crippen LogP contribution in [0.3, 0.4) is 0 Å². The molecule has 3 aromatic rings. The molecule has 1 aromatic heterocycles. The predicted octanol–water partition coefficient (Wildman–Crippen LogP) is 3.80. The van der Waals surface area contributed by atoms with Crippen molar-refractivity contribution in [2.75, 3.05) is 5.32 Å². The summed E-state index contributed by atoms with van der Waals surface area (Å²) in [4.78, 5) is 24.3. The van der Waals surface area contributed by atoms with E-state index in [9.17, 15) is 9.59 Å². The molecule has 0 atom stereocenters. The van der Waals surface area contributed by atoms with Crippen LogP contribution in [0.4, 0.5) is 5.82 Å². The summed E-state index contributed by atoms with van der Waals surface area (Å²) in [5.74, 6) is -0.0458. The van der Waals surface area contributed by atoms with Gasteiger partial charge in [0.1, 0.15) is 5.82 Å². The first-order valence-corrected chi connectivity index (χ1v) is 8.92. The van der Waals surface area contributed by atoms with Gasteiger partial charge in [-0.1, -0.05) is 48.9 Å². The molecule has 2 N–H and O–H groups in total. The minimum atomic E-state index is -0.336. The number of aromatic nitrogens is 2. The van der Waals surface area contributed by atoms with Crippen molar-refractivity contribution in [3.05, 3.63) is 76.9 Å². The van der Waals surface area contributed by atoms with Crippen molar-refractivity contribution in [1.29, 1.82) is 0 Å². The van der Waals surface area contributed by atoms with Gasteiger partial charge in [0.25, 0.3) is 5.91 Å². The van der Waals surface area contributed by atoms with Gasteiger partial charge in [0.05, 0.1) is 5.69 Å². The second-order valence-corrected chi connectivity index (χ2v) is 6.31. The van der Waals surface area contributed by atoms with Crippen molar-refractivity contribution in [3.8, 4) is 5.69 Å². The highest BCUT2D eigenvalue weighted by Crippen LogP contribution is 2.18. The Labute approximate surface area is 162 Å². The Morgan fingerprint density at radius 2 is 1.85 bits per heavy atom. The highest BCUT2D eigenvalue weighted by Gasteiger charge is 2.16. The summed E-state index contributed by atoms with van der Waals surface area (Å²) in [6.07, 6.45) is 0.330. The maximum Gasteiger partial charge on any atom is 0.272 e. The number of hydrogen-bond donors (Lipinski definition) is 2. The molecule has 0 aliphatic carbocycles. The summed E-state index contributed by atoms with van der Waals surface area (Å²) in [5.41, 5.74) is 1.85. The molecule has 0 unspecified atom stereocenters. The van der Waals surface area contributed by atoms with Crippen molar-refractivity contribution < 1.29 is 9.59 Å². The van der Waals surface area contributed by atoms with Crippen LogP contribution in [0.15, 0.2) is 60.7 Å². The summed E-state index contributed by atoms with van der Waals surface area (Å²) in [7, 11) is 0. The smallest absolute Gasteiger partial charge is 0.272 e. The number of nitrogens with one attached hydrogen (secondary N) is 2. The Kier molecular flexibility index (Phi) is 5.88. The number of benzene rings is 2. The number of rotatable bonds is 6. The molecule has 0 bridgehead atoms. The molecule has 0 fully saturated rings. The van der Waals surface area contributed by atoms with Gasteiger partial charge in [0, 0.05) is 24.1 Å². The van der Waals surface area contributed by atoms with Crippen molar-refractivity contribution in [2.45, 2.75) is 19.9 Å². The second kappa shape index (κ2) is 8.51. The van der Waals surface area contributed by atoms with E-state index >= 15 is 0 Å². The fourth-order valence-corrected chi connectivity index (χ4v) is 2.71. The molecule has 0 aliphatic rings. The maximum absolute atomic E-state index is 12.5. The van der Waals surface area contributed by atoms with E-state index in [4.69, 9.17) is 11.6 Å². The van der Waals surface area contributed by atoms with E-state index < -0.39 is 0 Å². The van der Waals surface area contributed by atoms with Crippen LogP contribution >= 0.6 is 11.6 Å². The number of para-hydroxylation sites is 1. The van der Waals surface area contributed by atoms with Gasteiger partial charge in [-0.25, -0.2) is 4.68 Å². The van der Waals surface area contributed by atoms with Crippen LogP contribution in [0.5, 0.6) is 0 Å². The van der Waals surface area contributed by atoms with Crippen LogP contribution in [0.25, 0.3) is 5.69 Å². The standard InChI is InChI=1S/C20H19ClN4O2/c1-2-19(26)23-18-12-17(24-25(18)16-9-4-3-5-10-16)20(27)22-13-14-7-6-8-15(21)11-14/h3-12H,2,13H2,1H3,(H,22,27)(H,23,26). The summed E-state index contributed by atoms with van der Waals surface area (Å²) in [5, 5.41) is 10.6. The number of anilines is 1. The first-order chi connectivity index (χ1) is 13.1. The van der Waals surface area contributed by atoms with E-state index in [0.29, 0.717) is 23.8 Å². The van der Waals surface area contributed by atoms with E-state index in [-0.39, 0.29) is 17.5 Å². The van der Waals surface area contributed by atoms with Crippen LogP contribution < -0.4 is 10.6 Å². The number of nitrogens with zero attached hydrogens (tertiary/aromatic N) is 2. The van der Waals surface area contributed by atoms with Crippen LogP contribution in [0, 0.1) is 0 Å². The van der Waals surface area contributed by atoms with Gasteiger partial charge in [-0.3, -0.25) is 9.59 Å². The summed E-state index contributed by atoms with van der Waals surface area (Å²) < 4.78 is 1.54. The zero-order valence-electron chi connectivity index (χ0n) is 14.8. The number of hydrogen-bond acceptors (Lipinski definition) is 3. The number of carbonyl (C=O) groups excluding carboxylic acids is 2. The second-order valence-electron chi connectivity index (χ2n) is 5.88. The Balaban J connectivity index is 1.82. The highest BCUT2D eigenvalue weighted by molar-refractivity contribution is 6.30. The van der Waals surface area contributed by atoms with Crippen molar-refractivity contribution in [3.63, 3.8) is 0 Å². The zero-order valence-corrected chi connectivity index (χ0v) is 15.5. The monoisotopic (exact) mass is 382 g/mol. The van der Waals surface area contributed by atoms with Gasteiger partial charge < -0.3 is 10.6 Å². The summed E-state index contributed by atoms with van der Waals surface area (Å²) in [6, 6.07) is 18.1. The lowest BCUT2D eigenvalue weighted by atomic mass is 10.2. The number of halogens is 1. The van der Waals surface area contributed by atoms with Crippen LogP contribution in [-0.2, 0) is 11.3 Å². The molecule has 0 saturated heterocycles. The lowest BCUT2D eigenvalue weighted by molar-refractivity contribution is -0.115. The molecule has 0 aliphatic heterocycles. The molecular weight excluding hydrogens is 364 g/mol. The first-order valence-electron chi connectivity index (χ1n) is 8.55. The van der Waals surface area contributed by atoms with Crippen LogP contribution in [0.2, 0.25) is 5.02 Å². The lowest BCUT2D eigenvalue weighted by Gasteiger charge is -2.07. The maximum atomic E-state index is 12.5. The Hall–Kier alpha value is -3.12. The van der Waals surface area contributed by atoms with Crippen molar-refractivity contribution >= 4 is 29.2 Å². The fraction of sp³-hybridized carbons (Fsp3) is 0.150. The van der Waals surface area contributed by atoms with Crippen LogP contribution in [0.1, 0.15) is 29.4 Å². The quantitative estimate of drug-likeness (QED) is 0.680. The minimum absolute atomic E-state index is 0.155. The molecule has 6 nitrogen and oxygen atoms in total. The molecular formula is C20H19ClN4O2. The van der Waals surface area contributed by atoms with E-state index in [0.717, 1.165) is 11.3 Å². The van der Waals surface area contributed by atoms with Gasteiger partial charge in [-0.2, -0.15) is 5.10 Å². The summed E-state index contributed by atoms with van der Waals surface area (Å²) >= 11 is 5.96. The largest absolute Gasteiger partial charge is 0.347 e. The number of amides is 2. The Bertz CT molecular complexity index is 954. The zero-order chi connectivity index (χ0) is 19.2. The van der Waals surface area contributed by atoms with Crippen molar-refractivity contribution in [2.24, 2.45) is 0 Å².